The van der Waals surface area contributed by atoms with E-state index >= 15 is 0 Å². The Kier molecular flexibility index (Phi) is 10.8. The molecule has 0 rings (SSSR count). The first-order valence-electron chi connectivity index (χ1n) is 3.26. The Hall–Kier alpha value is -0.760. The Morgan fingerprint density at radius 1 is 1.55 bits per heavy atom. The monoisotopic (exact) mass is 177 g/mol. The summed E-state index contributed by atoms with van der Waals surface area (Å²) in [6.45, 7) is 7.34. The van der Waals surface area contributed by atoms with Crippen LogP contribution in [-0.2, 0) is 0 Å². The minimum atomic E-state index is -0.0140. The molecule has 11 heavy (non-hydrogen) atoms. The van der Waals surface area contributed by atoms with Crippen LogP contribution in [0, 0.1) is 0 Å². The average Bonchev–Trinajstić information content (AvgIpc) is 2.07. The Balaban J connectivity index is 0. The summed E-state index contributed by atoms with van der Waals surface area (Å²) in [5, 5.41) is 0.321. The van der Waals surface area contributed by atoms with E-state index in [0.717, 1.165) is 0 Å². The van der Waals surface area contributed by atoms with Crippen molar-refractivity contribution in [2.75, 3.05) is 0 Å². The lowest BCUT2D eigenvalue weighted by molar-refractivity contribution is 0.711. The number of nitrogens with two attached hydrogens (primary N) is 1. The number of halogens is 2. The van der Waals surface area contributed by atoms with Crippen LogP contribution in [0.1, 0.15) is 13.8 Å². The molecule has 0 aliphatic heterocycles. The highest BCUT2D eigenvalue weighted by Crippen LogP contribution is 2.03. The summed E-state index contributed by atoms with van der Waals surface area (Å²) in [6.07, 6.45) is 2.92. The van der Waals surface area contributed by atoms with Gasteiger partial charge in [0.2, 0.25) is 0 Å². The summed E-state index contributed by atoms with van der Waals surface area (Å²) in [4.78, 5) is 0. The molecule has 0 aliphatic carbocycles. The predicted molar refractivity (Wildman–Crippen MR) is 48.9 cm³/mol. The molecule has 1 nitrogen and oxygen atoms in total. The lowest BCUT2D eigenvalue weighted by atomic mass is 10.4. The van der Waals surface area contributed by atoms with Gasteiger partial charge in [-0.2, -0.15) is 0 Å². The highest BCUT2D eigenvalue weighted by Gasteiger charge is 1.84. The first-order valence-corrected chi connectivity index (χ1v) is 3.64. The largest absolute Gasteiger partial charge is 0.397 e. The minimum Gasteiger partial charge on any atom is -0.397 e. The normalized spacial score (nSPS) is 11.6. The standard InChI is InChI=1S/C6H7ClFN.C2H6/c1-2-5(7)3-6(9)4-8;1-2/h2-4H,1,9H2;1-2H3/b5-3+,6-4-;. The minimum absolute atomic E-state index is 0.0140. The summed E-state index contributed by atoms with van der Waals surface area (Å²) >= 11 is 5.39. The van der Waals surface area contributed by atoms with E-state index in [4.69, 9.17) is 17.3 Å². The van der Waals surface area contributed by atoms with Crippen LogP contribution in [0.2, 0.25) is 0 Å². The van der Waals surface area contributed by atoms with Crippen LogP contribution in [0.5, 0.6) is 0 Å². The second-order valence-corrected chi connectivity index (χ2v) is 1.78. The molecule has 0 aromatic heterocycles. The molecule has 0 unspecified atom stereocenters. The maximum absolute atomic E-state index is 11.5. The van der Waals surface area contributed by atoms with Crippen molar-refractivity contribution in [3.8, 4) is 0 Å². The molecule has 0 saturated heterocycles. The van der Waals surface area contributed by atoms with Crippen molar-refractivity contribution >= 4 is 11.6 Å². The molecule has 3 heteroatoms. The molecule has 0 aromatic rings. The van der Waals surface area contributed by atoms with Crippen molar-refractivity contribution in [3.63, 3.8) is 0 Å². The Morgan fingerprint density at radius 3 is 2.27 bits per heavy atom. The molecule has 0 saturated carbocycles. The van der Waals surface area contributed by atoms with Gasteiger partial charge in [-0.05, 0) is 6.08 Å². The summed E-state index contributed by atoms with van der Waals surface area (Å²) in [5.41, 5.74) is 5.01. The van der Waals surface area contributed by atoms with Gasteiger partial charge in [0.15, 0.2) is 0 Å². The molecule has 0 heterocycles. The number of allylic oxidation sites excluding steroid dienone is 3. The fraction of sp³-hybridized carbons (Fsp3) is 0.250. The second kappa shape index (κ2) is 9.24. The third kappa shape index (κ3) is 9.24. The smallest absolute Gasteiger partial charge is 0.110 e. The van der Waals surface area contributed by atoms with Gasteiger partial charge in [0.25, 0.3) is 0 Å². The van der Waals surface area contributed by atoms with Crippen molar-refractivity contribution in [2.24, 2.45) is 5.73 Å². The maximum atomic E-state index is 11.5. The van der Waals surface area contributed by atoms with Crippen LogP contribution in [0.3, 0.4) is 0 Å². The fourth-order valence-corrected chi connectivity index (χ4v) is 0.376. The number of rotatable bonds is 2. The van der Waals surface area contributed by atoms with Crippen molar-refractivity contribution in [2.45, 2.75) is 13.8 Å². The van der Waals surface area contributed by atoms with Gasteiger partial charge in [-0.3, -0.25) is 0 Å². The lowest BCUT2D eigenvalue weighted by Gasteiger charge is -1.87. The third-order valence-corrected chi connectivity index (χ3v) is 0.889. The number of hydrogen-bond donors (Lipinski definition) is 1. The molecular formula is C8H13ClFN. The summed E-state index contributed by atoms with van der Waals surface area (Å²) in [6, 6.07) is 0. The van der Waals surface area contributed by atoms with E-state index in [1.807, 2.05) is 13.8 Å². The third-order valence-electron chi connectivity index (χ3n) is 0.626. The Bertz CT molecular complexity index is 161. The zero-order valence-corrected chi connectivity index (χ0v) is 7.53. The zero-order valence-electron chi connectivity index (χ0n) is 6.77. The zero-order chi connectivity index (χ0) is 9.28. The second-order valence-electron chi connectivity index (χ2n) is 1.34. The highest BCUT2D eigenvalue weighted by molar-refractivity contribution is 6.31. The van der Waals surface area contributed by atoms with Crippen LogP contribution in [0.15, 0.2) is 35.8 Å². The SMILES string of the molecule is C=C/C(Cl)=C\C(N)=C\F.CC. The van der Waals surface area contributed by atoms with Gasteiger partial charge in [0.1, 0.15) is 6.33 Å². The van der Waals surface area contributed by atoms with Crippen molar-refractivity contribution in [3.05, 3.63) is 35.8 Å². The van der Waals surface area contributed by atoms with Gasteiger partial charge < -0.3 is 5.73 Å². The van der Waals surface area contributed by atoms with Gasteiger partial charge in [0, 0.05) is 5.03 Å². The van der Waals surface area contributed by atoms with Crippen LogP contribution in [-0.4, -0.2) is 0 Å². The van der Waals surface area contributed by atoms with Gasteiger partial charge in [0.05, 0.1) is 5.70 Å². The maximum Gasteiger partial charge on any atom is 0.110 e. The summed E-state index contributed by atoms with van der Waals surface area (Å²) in [7, 11) is 0. The van der Waals surface area contributed by atoms with E-state index in [1.165, 1.54) is 12.2 Å². The fourth-order valence-electron chi connectivity index (χ4n) is 0.250. The number of hydrogen-bond acceptors (Lipinski definition) is 1. The summed E-state index contributed by atoms with van der Waals surface area (Å²) in [5.74, 6) is 0. The molecular weight excluding hydrogens is 165 g/mol. The van der Waals surface area contributed by atoms with Crippen LogP contribution in [0.4, 0.5) is 4.39 Å². The lowest BCUT2D eigenvalue weighted by Crippen LogP contribution is -1.90. The predicted octanol–water partition coefficient (Wildman–Crippen LogP) is 3.09. The Morgan fingerprint density at radius 2 is 2.00 bits per heavy atom. The molecule has 0 atom stereocenters. The van der Waals surface area contributed by atoms with E-state index in [1.54, 1.807) is 0 Å². The van der Waals surface area contributed by atoms with Gasteiger partial charge in [-0.25, -0.2) is 4.39 Å². The van der Waals surface area contributed by atoms with E-state index < -0.39 is 0 Å². The van der Waals surface area contributed by atoms with Crippen molar-refractivity contribution in [1.29, 1.82) is 0 Å². The molecule has 2 N–H and O–H groups in total. The van der Waals surface area contributed by atoms with Gasteiger partial charge in [-0.1, -0.05) is 38.1 Å². The molecule has 0 radical (unpaired) electrons. The average molecular weight is 178 g/mol. The van der Waals surface area contributed by atoms with E-state index in [2.05, 4.69) is 6.58 Å². The van der Waals surface area contributed by atoms with E-state index in [-0.39, 0.29) is 12.0 Å². The summed E-state index contributed by atoms with van der Waals surface area (Å²) < 4.78 is 11.5. The quantitative estimate of drug-likeness (QED) is 0.645. The Labute approximate surface area is 72.0 Å². The molecule has 0 amide bonds. The topological polar surface area (TPSA) is 26.0 Å². The molecule has 0 fully saturated rings. The molecule has 0 aromatic carbocycles. The van der Waals surface area contributed by atoms with Crippen LogP contribution < -0.4 is 5.73 Å². The van der Waals surface area contributed by atoms with E-state index in [0.29, 0.717) is 5.03 Å². The van der Waals surface area contributed by atoms with Crippen molar-refractivity contribution < 1.29 is 4.39 Å². The van der Waals surface area contributed by atoms with Crippen LogP contribution in [0.25, 0.3) is 0 Å². The molecule has 0 aliphatic rings. The van der Waals surface area contributed by atoms with Crippen molar-refractivity contribution in [1.82, 2.24) is 0 Å². The van der Waals surface area contributed by atoms with E-state index in [9.17, 15) is 4.39 Å². The molecule has 64 valence electrons. The first-order chi connectivity index (χ1) is 5.20. The van der Waals surface area contributed by atoms with Gasteiger partial charge >= 0.3 is 0 Å². The van der Waals surface area contributed by atoms with Gasteiger partial charge in [-0.15, -0.1) is 0 Å². The molecule has 0 spiro atoms. The molecule has 0 bridgehead atoms. The highest BCUT2D eigenvalue weighted by atomic mass is 35.5. The van der Waals surface area contributed by atoms with Crippen LogP contribution >= 0.6 is 11.6 Å². The first kappa shape index (κ1) is 12.9.